The van der Waals surface area contributed by atoms with Crippen LogP contribution in [-0.2, 0) is 20.9 Å². The second-order valence-corrected chi connectivity index (χ2v) is 5.45. The van der Waals surface area contributed by atoms with Gasteiger partial charge in [0.05, 0.1) is 7.11 Å². The van der Waals surface area contributed by atoms with E-state index in [9.17, 15) is 14.9 Å². The number of para-hydroxylation sites is 1. The number of carbonyl (C=O) groups is 2. The zero-order valence-corrected chi connectivity index (χ0v) is 14.7. The highest BCUT2D eigenvalue weighted by Crippen LogP contribution is 2.24. The zero-order chi connectivity index (χ0) is 18.4. The minimum absolute atomic E-state index is 0.0662. The van der Waals surface area contributed by atoms with Crippen molar-refractivity contribution in [3.05, 3.63) is 41.6 Å². The first-order chi connectivity index (χ1) is 12.0. The van der Waals surface area contributed by atoms with Crippen LogP contribution in [-0.4, -0.2) is 41.5 Å². The lowest BCUT2D eigenvalue weighted by Gasteiger charge is -2.17. The van der Waals surface area contributed by atoms with Crippen LogP contribution >= 0.6 is 0 Å². The number of likely N-dealkylation sites (N-methyl/N-ethyl adjacent to an activating group) is 1. The molecule has 0 aliphatic carbocycles. The number of nitrogens with zero attached hydrogens (tertiary/aromatic N) is 3. The van der Waals surface area contributed by atoms with Crippen molar-refractivity contribution in [3.8, 4) is 6.07 Å². The molecular weight excluding hydrogens is 318 g/mol. The van der Waals surface area contributed by atoms with Gasteiger partial charge < -0.3 is 14.2 Å². The molecule has 0 aliphatic heterocycles. The summed E-state index contributed by atoms with van der Waals surface area (Å²) in [6.07, 6.45) is 3.34. The Balaban J connectivity index is 2.51. The number of ether oxygens (including phenoxy) is 1. The number of rotatable bonds is 6. The molecule has 25 heavy (non-hydrogen) atoms. The summed E-state index contributed by atoms with van der Waals surface area (Å²) in [4.78, 5) is 25.7. The van der Waals surface area contributed by atoms with E-state index in [4.69, 9.17) is 4.74 Å². The summed E-state index contributed by atoms with van der Waals surface area (Å²) >= 11 is 0. The molecule has 0 fully saturated rings. The largest absolute Gasteiger partial charge is 0.468 e. The molecule has 2 aromatic rings. The Bertz CT molecular complexity index is 854. The third-order valence-electron chi connectivity index (χ3n) is 4.05. The van der Waals surface area contributed by atoms with Crippen LogP contribution in [0.5, 0.6) is 0 Å². The van der Waals surface area contributed by atoms with Crippen LogP contribution in [0.25, 0.3) is 17.0 Å². The first-order valence-corrected chi connectivity index (χ1v) is 8.11. The first-order valence-electron chi connectivity index (χ1n) is 8.11. The summed E-state index contributed by atoms with van der Waals surface area (Å²) in [5.41, 5.74) is 1.63. The van der Waals surface area contributed by atoms with Crippen molar-refractivity contribution in [2.24, 2.45) is 0 Å². The van der Waals surface area contributed by atoms with Gasteiger partial charge in [-0.25, -0.2) is 0 Å². The van der Waals surface area contributed by atoms with Crippen LogP contribution in [0.15, 0.2) is 36.0 Å². The van der Waals surface area contributed by atoms with Gasteiger partial charge in [0.15, 0.2) is 0 Å². The van der Waals surface area contributed by atoms with E-state index in [0.717, 1.165) is 16.5 Å². The van der Waals surface area contributed by atoms with Crippen molar-refractivity contribution in [3.63, 3.8) is 0 Å². The molecule has 1 heterocycles. The molecule has 1 aromatic carbocycles. The maximum absolute atomic E-state index is 12.5. The normalized spacial score (nSPS) is 11.2. The first kappa shape index (κ1) is 18.3. The van der Waals surface area contributed by atoms with E-state index in [1.54, 1.807) is 21.7 Å². The number of benzene rings is 1. The number of hydrogen-bond acceptors (Lipinski definition) is 4. The van der Waals surface area contributed by atoms with Gasteiger partial charge in [0.2, 0.25) is 0 Å². The predicted molar refractivity (Wildman–Crippen MR) is 95.5 cm³/mol. The summed E-state index contributed by atoms with van der Waals surface area (Å²) in [7, 11) is 1.34. The molecule has 0 saturated heterocycles. The summed E-state index contributed by atoms with van der Waals surface area (Å²) < 4.78 is 6.48. The fourth-order valence-corrected chi connectivity index (χ4v) is 2.70. The zero-order valence-electron chi connectivity index (χ0n) is 14.7. The van der Waals surface area contributed by atoms with Crippen molar-refractivity contribution in [1.82, 2.24) is 9.47 Å². The lowest BCUT2D eigenvalue weighted by molar-refractivity contribution is -0.141. The SMILES string of the molecule is CCN(CC)C(=O)/C(C#N)=C\c1cn(CC(=O)OC)c2ccccc12. The molecule has 0 saturated carbocycles. The van der Waals surface area contributed by atoms with E-state index in [-0.39, 0.29) is 24.0 Å². The Morgan fingerprint density at radius 1 is 1.28 bits per heavy atom. The lowest BCUT2D eigenvalue weighted by Crippen LogP contribution is -2.31. The van der Waals surface area contributed by atoms with Crippen LogP contribution in [0.2, 0.25) is 0 Å². The number of esters is 1. The van der Waals surface area contributed by atoms with E-state index < -0.39 is 0 Å². The van der Waals surface area contributed by atoms with Crippen LogP contribution in [0, 0.1) is 11.3 Å². The summed E-state index contributed by atoms with van der Waals surface area (Å²) in [6, 6.07) is 9.52. The van der Waals surface area contributed by atoms with Gasteiger partial charge in [-0.2, -0.15) is 5.26 Å². The predicted octanol–water partition coefficient (Wildman–Crippen LogP) is 2.59. The van der Waals surface area contributed by atoms with E-state index >= 15 is 0 Å². The second kappa shape index (κ2) is 8.15. The third-order valence-corrected chi connectivity index (χ3v) is 4.05. The summed E-state index contributed by atoms with van der Waals surface area (Å²) in [5, 5.41) is 10.3. The Labute approximate surface area is 146 Å². The van der Waals surface area contributed by atoms with Gasteiger partial charge in [-0.3, -0.25) is 9.59 Å². The number of nitriles is 1. The van der Waals surface area contributed by atoms with Crippen LogP contribution in [0.3, 0.4) is 0 Å². The fourth-order valence-electron chi connectivity index (χ4n) is 2.70. The van der Waals surface area contributed by atoms with Gasteiger partial charge in [0.25, 0.3) is 5.91 Å². The molecule has 6 heteroatoms. The quantitative estimate of drug-likeness (QED) is 0.460. The lowest BCUT2D eigenvalue weighted by atomic mass is 10.1. The van der Waals surface area contributed by atoms with Crippen LogP contribution < -0.4 is 0 Å². The summed E-state index contributed by atoms with van der Waals surface area (Å²) in [5.74, 6) is -0.659. The topological polar surface area (TPSA) is 75.3 Å². The highest BCUT2D eigenvalue weighted by Gasteiger charge is 2.17. The molecule has 130 valence electrons. The molecule has 1 amide bonds. The minimum atomic E-state index is -0.365. The standard InChI is InChI=1S/C19H21N3O3/c1-4-21(5-2)19(24)14(11-20)10-15-12-22(13-18(23)25-3)17-9-7-6-8-16(15)17/h6-10,12H,4-5,13H2,1-3H3/b14-10-. The molecular formula is C19H21N3O3. The monoisotopic (exact) mass is 339 g/mol. The smallest absolute Gasteiger partial charge is 0.325 e. The van der Waals surface area contributed by atoms with Crippen molar-refractivity contribution in [1.29, 1.82) is 5.26 Å². The maximum Gasteiger partial charge on any atom is 0.325 e. The average Bonchev–Trinajstić information content (AvgIpc) is 2.98. The number of methoxy groups -OCH3 is 1. The van der Waals surface area contributed by atoms with Crippen LogP contribution in [0.4, 0.5) is 0 Å². The van der Waals surface area contributed by atoms with Gasteiger partial charge >= 0.3 is 5.97 Å². The third kappa shape index (κ3) is 3.89. The molecule has 0 aliphatic rings. The summed E-state index contributed by atoms with van der Waals surface area (Å²) in [6.45, 7) is 4.89. The number of aromatic nitrogens is 1. The average molecular weight is 339 g/mol. The van der Waals surface area contributed by atoms with Gasteiger partial charge in [0.1, 0.15) is 18.2 Å². The van der Waals surface area contributed by atoms with Crippen molar-refractivity contribution >= 4 is 28.9 Å². The van der Waals surface area contributed by atoms with E-state index in [1.807, 2.05) is 44.2 Å². The van der Waals surface area contributed by atoms with Crippen molar-refractivity contribution < 1.29 is 14.3 Å². The fraction of sp³-hybridized carbons (Fsp3) is 0.316. The van der Waals surface area contributed by atoms with E-state index in [2.05, 4.69) is 0 Å². The molecule has 0 bridgehead atoms. The number of hydrogen-bond donors (Lipinski definition) is 0. The Hall–Kier alpha value is -3.07. The highest BCUT2D eigenvalue weighted by molar-refractivity contribution is 6.04. The number of amides is 1. The molecule has 0 radical (unpaired) electrons. The number of carbonyl (C=O) groups excluding carboxylic acids is 2. The van der Waals surface area contributed by atoms with Gasteiger partial charge in [0, 0.05) is 35.8 Å². The molecule has 0 spiro atoms. The molecule has 1 aromatic heterocycles. The van der Waals surface area contributed by atoms with Gasteiger partial charge in [-0.1, -0.05) is 18.2 Å². The van der Waals surface area contributed by atoms with Crippen LogP contribution in [0.1, 0.15) is 19.4 Å². The van der Waals surface area contributed by atoms with E-state index in [1.165, 1.54) is 7.11 Å². The molecule has 2 rings (SSSR count). The van der Waals surface area contributed by atoms with Crippen molar-refractivity contribution in [2.75, 3.05) is 20.2 Å². The molecule has 0 N–H and O–H groups in total. The highest BCUT2D eigenvalue weighted by atomic mass is 16.5. The molecule has 6 nitrogen and oxygen atoms in total. The van der Waals surface area contributed by atoms with Gasteiger partial charge in [-0.05, 0) is 26.0 Å². The van der Waals surface area contributed by atoms with Gasteiger partial charge in [-0.15, -0.1) is 0 Å². The Morgan fingerprint density at radius 2 is 1.96 bits per heavy atom. The molecule has 0 unspecified atom stereocenters. The maximum atomic E-state index is 12.5. The van der Waals surface area contributed by atoms with Crippen molar-refractivity contribution in [2.45, 2.75) is 20.4 Å². The van der Waals surface area contributed by atoms with E-state index in [0.29, 0.717) is 13.1 Å². The Kier molecular flexibility index (Phi) is 5.96. The molecule has 0 atom stereocenters. The Morgan fingerprint density at radius 3 is 2.56 bits per heavy atom. The minimum Gasteiger partial charge on any atom is -0.468 e. The second-order valence-electron chi connectivity index (χ2n) is 5.45. The number of fused-ring (bicyclic) bond motifs is 1.